The molecule has 1 fully saturated rings. The molecule has 3 amide bonds. The number of nitrogens with zero attached hydrogens (tertiary/aromatic N) is 1. The van der Waals surface area contributed by atoms with Crippen LogP contribution in [0.15, 0.2) is 48.5 Å². The largest absolute Gasteiger partial charge is 0.495 e. The van der Waals surface area contributed by atoms with Crippen molar-refractivity contribution >= 4 is 34.9 Å². The molecular formula is C18H18ClN3O3. The molecular weight excluding hydrogens is 342 g/mol. The van der Waals surface area contributed by atoms with E-state index < -0.39 is 12.1 Å². The summed E-state index contributed by atoms with van der Waals surface area (Å²) in [5.41, 5.74) is 1.27. The number of para-hydroxylation sites is 1. The molecule has 2 aromatic rings. The third-order valence-corrected chi connectivity index (χ3v) is 4.22. The molecule has 1 saturated heterocycles. The van der Waals surface area contributed by atoms with Gasteiger partial charge in [-0.1, -0.05) is 29.8 Å². The monoisotopic (exact) mass is 359 g/mol. The van der Waals surface area contributed by atoms with Gasteiger partial charge in [0.25, 0.3) is 0 Å². The van der Waals surface area contributed by atoms with E-state index in [-0.39, 0.29) is 5.91 Å². The van der Waals surface area contributed by atoms with Crippen molar-refractivity contribution in [1.82, 2.24) is 5.32 Å². The summed E-state index contributed by atoms with van der Waals surface area (Å²) in [4.78, 5) is 26.4. The topological polar surface area (TPSA) is 70.7 Å². The van der Waals surface area contributed by atoms with Crippen molar-refractivity contribution in [1.29, 1.82) is 0 Å². The van der Waals surface area contributed by atoms with Gasteiger partial charge < -0.3 is 20.3 Å². The summed E-state index contributed by atoms with van der Waals surface area (Å²) in [6, 6.07) is 13.3. The van der Waals surface area contributed by atoms with Crippen LogP contribution in [0.4, 0.5) is 16.2 Å². The lowest BCUT2D eigenvalue weighted by atomic mass is 10.2. The van der Waals surface area contributed by atoms with E-state index in [9.17, 15) is 9.59 Å². The van der Waals surface area contributed by atoms with Crippen LogP contribution in [0, 0.1) is 0 Å². The molecule has 0 saturated carbocycles. The minimum absolute atomic E-state index is 0.126. The molecule has 0 unspecified atom stereocenters. The Balaban J connectivity index is 1.64. The van der Waals surface area contributed by atoms with E-state index in [0.29, 0.717) is 29.4 Å². The van der Waals surface area contributed by atoms with Crippen LogP contribution < -0.4 is 20.3 Å². The molecule has 2 N–H and O–H groups in total. The van der Waals surface area contributed by atoms with Crippen molar-refractivity contribution in [3.05, 3.63) is 53.6 Å². The molecule has 1 aliphatic rings. The second kappa shape index (κ2) is 7.44. The first-order chi connectivity index (χ1) is 12.1. The summed E-state index contributed by atoms with van der Waals surface area (Å²) < 4.78 is 5.19. The third kappa shape index (κ3) is 3.85. The van der Waals surface area contributed by atoms with Crippen LogP contribution in [0.2, 0.25) is 5.02 Å². The van der Waals surface area contributed by atoms with E-state index in [1.807, 2.05) is 30.3 Å². The van der Waals surface area contributed by atoms with E-state index in [1.165, 1.54) is 7.11 Å². The molecule has 2 aromatic carbocycles. The normalized spacial score (nSPS) is 16.6. The Morgan fingerprint density at radius 3 is 2.72 bits per heavy atom. The smallest absolute Gasteiger partial charge is 0.319 e. The highest BCUT2D eigenvalue weighted by molar-refractivity contribution is 6.31. The number of carbonyl (C=O) groups excluding carboxylic acids is 2. The van der Waals surface area contributed by atoms with Crippen molar-refractivity contribution in [2.75, 3.05) is 23.9 Å². The average molecular weight is 360 g/mol. The number of hydrogen-bond acceptors (Lipinski definition) is 3. The summed E-state index contributed by atoms with van der Waals surface area (Å²) in [6.07, 6.45) is 0.549. The molecule has 0 aliphatic carbocycles. The number of anilines is 2. The number of carbonyl (C=O) groups is 2. The molecule has 1 heterocycles. The highest BCUT2D eigenvalue weighted by Gasteiger charge is 2.33. The maximum absolute atomic E-state index is 12.5. The number of ether oxygens (including phenoxy) is 1. The number of urea groups is 1. The zero-order chi connectivity index (χ0) is 17.8. The van der Waals surface area contributed by atoms with E-state index in [4.69, 9.17) is 16.3 Å². The fourth-order valence-corrected chi connectivity index (χ4v) is 2.94. The molecule has 6 nitrogen and oxygen atoms in total. The van der Waals surface area contributed by atoms with Gasteiger partial charge in [0, 0.05) is 17.3 Å². The van der Waals surface area contributed by atoms with Gasteiger partial charge in [-0.15, -0.1) is 0 Å². The lowest BCUT2D eigenvalue weighted by molar-refractivity contribution is -0.118. The van der Waals surface area contributed by atoms with Gasteiger partial charge in [0.2, 0.25) is 5.91 Å². The van der Waals surface area contributed by atoms with Crippen molar-refractivity contribution in [3.8, 4) is 5.75 Å². The van der Waals surface area contributed by atoms with Crippen molar-refractivity contribution in [2.24, 2.45) is 0 Å². The maximum atomic E-state index is 12.5. The van der Waals surface area contributed by atoms with Crippen LogP contribution >= 0.6 is 11.6 Å². The zero-order valence-electron chi connectivity index (χ0n) is 13.7. The van der Waals surface area contributed by atoms with Gasteiger partial charge in [0.1, 0.15) is 11.8 Å². The lowest BCUT2D eigenvalue weighted by Gasteiger charge is -2.17. The molecule has 7 heteroatoms. The number of benzene rings is 2. The molecule has 25 heavy (non-hydrogen) atoms. The number of rotatable bonds is 4. The second-order valence-electron chi connectivity index (χ2n) is 5.61. The Morgan fingerprint density at radius 2 is 2.00 bits per heavy atom. The number of hydrogen-bond donors (Lipinski definition) is 2. The predicted molar refractivity (Wildman–Crippen MR) is 97.4 cm³/mol. The zero-order valence-corrected chi connectivity index (χ0v) is 14.4. The van der Waals surface area contributed by atoms with Gasteiger partial charge in [0.05, 0.1) is 12.8 Å². The van der Waals surface area contributed by atoms with Crippen LogP contribution in [0.1, 0.15) is 6.42 Å². The van der Waals surface area contributed by atoms with Crippen LogP contribution in [0.3, 0.4) is 0 Å². The van der Waals surface area contributed by atoms with Crippen LogP contribution in [0.25, 0.3) is 0 Å². The van der Waals surface area contributed by atoms with Gasteiger partial charge in [-0.05, 0) is 36.8 Å². The summed E-state index contributed by atoms with van der Waals surface area (Å²) in [5, 5.41) is 5.86. The van der Waals surface area contributed by atoms with E-state index in [2.05, 4.69) is 10.6 Å². The Kier molecular flexibility index (Phi) is 5.09. The maximum Gasteiger partial charge on any atom is 0.319 e. The standard InChI is InChI=1S/C18H18ClN3O3/c1-25-16-8-7-12(19)11-15(16)21-18(24)20-14-9-10-22(17(14)23)13-5-3-2-4-6-13/h2-8,11,14H,9-10H2,1H3,(H2,20,21,24)/t14-/m1/s1. The van der Waals surface area contributed by atoms with Gasteiger partial charge >= 0.3 is 6.03 Å². The summed E-state index contributed by atoms with van der Waals surface area (Å²) in [7, 11) is 1.50. The van der Waals surface area contributed by atoms with Gasteiger partial charge in [-0.25, -0.2) is 4.79 Å². The summed E-state index contributed by atoms with van der Waals surface area (Å²) in [5.74, 6) is 0.364. The number of amides is 3. The highest BCUT2D eigenvalue weighted by atomic mass is 35.5. The second-order valence-corrected chi connectivity index (χ2v) is 6.05. The van der Waals surface area contributed by atoms with E-state index in [0.717, 1.165) is 5.69 Å². The van der Waals surface area contributed by atoms with Gasteiger partial charge in [0.15, 0.2) is 0 Å². The Hall–Kier alpha value is -2.73. The molecule has 0 aromatic heterocycles. The first-order valence-electron chi connectivity index (χ1n) is 7.86. The molecule has 1 atom stereocenters. The number of nitrogens with one attached hydrogen (secondary N) is 2. The highest BCUT2D eigenvalue weighted by Crippen LogP contribution is 2.27. The Bertz CT molecular complexity index is 782. The molecule has 0 radical (unpaired) electrons. The minimum atomic E-state index is -0.564. The van der Waals surface area contributed by atoms with Crippen LogP contribution in [0.5, 0.6) is 5.75 Å². The lowest BCUT2D eigenvalue weighted by Crippen LogP contribution is -2.43. The van der Waals surface area contributed by atoms with Crippen LogP contribution in [-0.2, 0) is 4.79 Å². The third-order valence-electron chi connectivity index (χ3n) is 3.99. The minimum Gasteiger partial charge on any atom is -0.495 e. The number of halogens is 1. The molecule has 0 spiro atoms. The fourth-order valence-electron chi connectivity index (χ4n) is 2.77. The predicted octanol–water partition coefficient (Wildman–Crippen LogP) is 3.28. The molecule has 3 rings (SSSR count). The fraction of sp³-hybridized carbons (Fsp3) is 0.222. The number of methoxy groups -OCH3 is 1. The average Bonchev–Trinajstić information content (AvgIpc) is 2.96. The summed E-state index contributed by atoms with van der Waals surface area (Å²) in [6.45, 7) is 0.564. The Labute approximate surface area is 150 Å². The molecule has 130 valence electrons. The van der Waals surface area contributed by atoms with Crippen LogP contribution in [-0.4, -0.2) is 31.6 Å². The van der Waals surface area contributed by atoms with Crippen molar-refractivity contribution in [3.63, 3.8) is 0 Å². The SMILES string of the molecule is COc1ccc(Cl)cc1NC(=O)N[C@@H]1CCN(c2ccccc2)C1=O. The van der Waals surface area contributed by atoms with Crippen molar-refractivity contribution < 1.29 is 14.3 Å². The van der Waals surface area contributed by atoms with Gasteiger partial charge in [-0.3, -0.25) is 4.79 Å². The van der Waals surface area contributed by atoms with E-state index in [1.54, 1.807) is 23.1 Å². The summed E-state index contributed by atoms with van der Waals surface area (Å²) >= 11 is 5.95. The first kappa shape index (κ1) is 17.1. The Morgan fingerprint density at radius 1 is 1.24 bits per heavy atom. The quantitative estimate of drug-likeness (QED) is 0.880. The molecule has 0 bridgehead atoms. The first-order valence-corrected chi connectivity index (χ1v) is 8.24. The van der Waals surface area contributed by atoms with Gasteiger partial charge in [-0.2, -0.15) is 0 Å². The molecule has 1 aliphatic heterocycles. The van der Waals surface area contributed by atoms with E-state index >= 15 is 0 Å². The van der Waals surface area contributed by atoms with Crippen molar-refractivity contribution in [2.45, 2.75) is 12.5 Å².